The molecule has 6 heteroatoms. The molecule has 0 unspecified atom stereocenters. The van der Waals surface area contributed by atoms with Crippen molar-refractivity contribution >= 4 is 35.0 Å². The molecule has 0 aliphatic carbocycles. The van der Waals surface area contributed by atoms with Crippen LogP contribution >= 0.6 is 11.6 Å². The van der Waals surface area contributed by atoms with Gasteiger partial charge in [0, 0.05) is 17.8 Å². The second kappa shape index (κ2) is 6.87. The number of nitrogens with one attached hydrogen (secondary N) is 1. The van der Waals surface area contributed by atoms with Gasteiger partial charge in [0.15, 0.2) is 0 Å². The lowest BCUT2D eigenvalue weighted by Gasteiger charge is -2.02. The molecule has 0 fully saturated rings. The highest BCUT2D eigenvalue weighted by atomic mass is 35.5. The van der Waals surface area contributed by atoms with E-state index in [0.29, 0.717) is 11.3 Å². The minimum Gasteiger partial charge on any atom is -0.323 e. The van der Waals surface area contributed by atoms with E-state index in [1.165, 1.54) is 24.3 Å². The summed E-state index contributed by atoms with van der Waals surface area (Å²) in [6, 6.07) is 11.8. The van der Waals surface area contributed by atoms with Crippen LogP contribution in [0.4, 0.5) is 11.4 Å². The van der Waals surface area contributed by atoms with Gasteiger partial charge in [0.1, 0.15) is 5.02 Å². The van der Waals surface area contributed by atoms with Crippen LogP contribution in [-0.4, -0.2) is 10.8 Å². The highest BCUT2D eigenvalue weighted by molar-refractivity contribution is 6.32. The molecule has 0 aromatic heterocycles. The number of amides is 1. The molecule has 0 aliphatic heterocycles. The molecule has 5 nitrogen and oxygen atoms in total. The van der Waals surface area contributed by atoms with Crippen LogP contribution in [0, 0.1) is 17.0 Å². The summed E-state index contributed by atoms with van der Waals surface area (Å²) in [5.41, 5.74) is 2.06. The van der Waals surface area contributed by atoms with Crippen molar-refractivity contribution in [1.29, 1.82) is 0 Å². The molecule has 0 heterocycles. The van der Waals surface area contributed by atoms with Crippen LogP contribution in [0.15, 0.2) is 48.5 Å². The quantitative estimate of drug-likeness (QED) is 0.521. The summed E-state index contributed by atoms with van der Waals surface area (Å²) in [5.74, 6) is -0.316. The fourth-order valence-electron chi connectivity index (χ4n) is 1.85. The number of nitro benzene ring substituents is 1. The second-order valence-corrected chi connectivity index (χ2v) is 5.07. The molecule has 0 spiro atoms. The topological polar surface area (TPSA) is 72.2 Å². The van der Waals surface area contributed by atoms with E-state index in [1.54, 1.807) is 12.1 Å². The number of rotatable bonds is 4. The van der Waals surface area contributed by atoms with Crippen LogP contribution in [-0.2, 0) is 4.79 Å². The standard InChI is InChI=1S/C16H13ClN2O3/c1-11-3-2-4-13(9-11)18-16(20)8-6-12-5-7-14(17)15(10-12)19(21)22/h2-10H,1H3,(H,18,20). The van der Waals surface area contributed by atoms with Crippen molar-refractivity contribution in [1.82, 2.24) is 0 Å². The van der Waals surface area contributed by atoms with Gasteiger partial charge in [-0.2, -0.15) is 0 Å². The van der Waals surface area contributed by atoms with Gasteiger partial charge in [-0.05, 0) is 42.3 Å². The Kier molecular flexibility index (Phi) is 4.91. The molecule has 0 saturated heterocycles. The normalized spacial score (nSPS) is 10.6. The molecular formula is C16H13ClN2O3. The molecular weight excluding hydrogens is 304 g/mol. The van der Waals surface area contributed by atoms with Crippen LogP contribution in [0.5, 0.6) is 0 Å². The van der Waals surface area contributed by atoms with Gasteiger partial charge in [-0.1, -0.05) is 29.8 Å². The highest BCUT2D eigenvalue weighted by Crippen LogP contribution is 2.25. The molecule has 0 radical (unpaired) electrons. The van der Waals surface area contributed by atoms with Crippen molar-refractivity contribution in [2.24, 2.45) is 0 Å². The van der Waals surface area contributed by atoms with Gasteiger partial charge < -0.3 is 5.32 Å². The number of aryl methyl sites for hydroxylation is 1. The zero-order valence-corrected chi connectivity index (χ0v) is 12.5. The Balaban J connectivity index is 2.10. The first-order chi connectivity index (χ1) is 10.5. The van der Waals surface area contributed by atoms with E-state index < -0.39 is 4.92 Å². The fraction of sp³-hybridized carbons (Fsp3) is 0.0625. The zero-order chi connectivity index (χ0) is 16.1. The summed E-state index contributed by atoms with van der Waals surface area (Å²) in [4.78, 5) is 22.1. The van der Waals surface area contributed by atoms with Crippen LogP contribution in [0.1, 0.15) is 11.1 Å². The molecule has 2 aromatic carbocycles. The van der Waals surface area contributed by atoms with Crippen molar-refractivity contribution in [3.8, 4) is 0 Å². The van der Waals surface area contributed by atoms with Gasteiger partial charge in [-0.15, -0.1) is 0 Å². The Morgan fingerprint density at radius 3 is 2.73 bits per heavy atom. The Morgan fingerprint density at radius 2 is 2.05 bits per heavy atom. The van der Waals surface area contributed by atoms with Gasteiger partial charge in [0.05, 0.1) is 4.92 Å². The first kappa shape index (κ1) is 15.7. The highest BCUT2D eigenvalue weighted by Gasteiger charge is 2.11. The first-order valence-corrected chi connectivity index (χ1v) is 6.83. The number of nitrogens with zero attached hydrogens (tertiary/aromatic N) is 1. The maximum absolute atomic E-state index is 11.8. The molecule has 2 aromatic rings. The van der Waals surface area contributed by atoms with E-state index in [-0.39, 0.29) is 16.6 Å². The van der Waals surface area contributed by atoms with E-state index >= 15 is 0 Å². The number of nitro groups is 1. The number of carbonyl (C=O) groups excluding carboxylic acids is 1. The third kappa shape index (κ3) is 4.17. The van der Waals surface area contributed by atoms with Crippen LogP contribution < -0.4 is 5.32 Å². The number of hydrogen-bond donors (Lipinski definition) is 1. The SMILES string of the molecule is Cc1cccc(NC(=O)C=Cc2ccc(Cl)c([N+](=O)[O-])c2)c1. The van der Waals surface area contributed by atoms with E-state index in [0.717, 1.165) is 5.56 Å². The molecule has 1 amide bonds. The lowest BCUT2D eigenvalue weighted by molar-refractivity contribution is -0.384. The molecule has 0 atom stereocenters. The summed E-state index contributed by atoms with van der Waals surface area (Å²) in [5, 5.41) is 13.6. The van der Waals surface area contributed by atoms with Crippen LogP contribution in [0.2, 0.25) is 5.02 Å². The Bertz CT molecular complexity index is 757. The van der Waals surface area contributed by atoms with Gasteiger partial charge in [-0.25, -0.2) is 0 Å². The number of halogens is 1. The summed E-state index contributed by atoms with van der Waals surface area (Å²) >= 11 is 5.73. The molecule has 0 saturated carbocycles. The summed E-state index contributed by atoms with van der Waals surface area (Å²) in [6.45, 7) is 1.93. The Morgan fingerprint density at radius 1 is 1.27 bits per heavy atom. The summed E-state index contributed by atoms with van der Waals surface area (Å²) in [7, 11) is 0. The maximum Gasteiger partial charge on any atom is 0.288 e. The monoisotopic (exact) mass is 316 g/mol. The van der Waals surface area contributed by atoms with E-state index in [1.807, 2.05) is 25.1 Å². The lowest BCUT2D eigenvalue weighted by Crippen LogP contribution is -2.07. The molecule has 1 N–H and O–H groups in total. The minimum absolute atomic E-state index is 0.0614. The van der Waals surface area contributed by atoms with E-state index in [4.69, 9.17) is 11.6 Å². The first-order valence-electron chi connectivity index (χ1n) is 6.45. The fourth-order valence-corrected chi connectivity index (χ4v) is 2.04. The predicted molar refractivity (Wildman–Crippen MR) is 86.9 cm³/mol. The van der Waals surface area contributed by atoms with Crippen LogP contribution in [0.3, 0.4) is 0 Å². The maximum atomic E-state index is 11.8. The molecule has 22 heavy (non-hydrogen) atoms. The van der Waals surface area contributed by atoms with Gasteiger partial charge in [0.2, 0.25) is 5.91 Å². The smallest absolute Gasteiger partial charge is 0.288 e. The van der Waals surface area contributed by atoms with Crippen molar-refractivity contribution in [2.45, 2.75) is 6.92 Å². The largest absolute Gasteiger partial charge is 0.323 e. The minimum atomic E-state index is -0.563. The lowest BCUT2D eigenvalue weighted by atomic mass is 10.2. The van der Waals surface area contributed by atoms with Gasteiger partial charge in [0.25, 0.3) is 5.69 Å². The summed E-state index contributed by atoms with van der Waals surface area (Å²) < 4.78 is 0. The van der Waals surface area contributed by atoms with Crippen molar-refractivity contribution in [3.63, 3.8) is 0 Å². The average molecular weight is 317 g/mol. The average Bonchev–Trinajstić information content (AvgIpc) is 2.46. The molecule has 0 aliphatic rings. The van der Waals surface area contributed by atoms with Crippen molar-refractivity contribution in [3.05, 3.63) is 74.8 Å². The molecule has 2 rings (SSSR count). The number of anilines is 1. The van der Waals surface area contributed by atoms with Gasteiger partial charge >= 0.3 is 0 Å². The predicted octanol–water partition coefficient (Wildman–Crippen LogP) is 4.21. The van der Waals surface area contributed by atoms with E-state index in [9.17, 15) is 14.9 Å². The molecule has 0 bridgehead atoms. The van der Waals surface area contributed by atoms with E-state index in [2.05, 4.69) is 5.32 Å². The Hall–Kier alpha value is -2.66. The third-order valence-corrected chi connectivity index (χ3v) is 3.20. The van der Waals surface area contributed by atoms with Crippen molar-refractivity contribution < 1.29 is 9.72 Å². The molecule has 112 valence electrons. The zero-order valence-electron chi connectivity index (χ0n) is 11.7. The number of benzene rings is 2. The second-order valence-electron chi connectivity index (χ2n) is 4.66. The van der Waals surface area contributed by atoms with Gasteiger partial charge in [-0.3, -0.25) is 14.9 Å². The third-order valence-electron chi connectivity index (χ3n) is 2.88. The number of hydrogen-bond acceptors (Lipinski definition) is 3. The summed E-state index contributed by atoms with van der Waals surface area (Å²) in [6.07, 6.45) is 2.81. The number of carbonyl (C=O) groups is 1. The van der Waals surface area contributed by atoms with Crippen LogP contribution in [0.25, 0.3) is 6.08 Å². The van der Waals surface area contributed by atoms with Crippen molar-refractivity contribution in [2.75, 3.05) is 5.32 Å². The Labute approximate surface area is 132 Å².